The third kappa shape index (κ3) is 4.68. The maximum Gasteiger partial charge on any atom is 0.319 e. The fourth-order valence-corrected chi connectivity index (χ4v) is 1.76. The Morgan fingerprint density at radius 2 is 2.27 bits per heavy atom. The monoisotopic (exact) mass is 302 g/mol. The predicted octanol–water partition coefficient (Wildman–Crippen LogP) is 2.70. The Morgan fingerprint density at radius 3 is 3.00 bits per heavy atom. The van der Waals surface area contributed by atoms with Crippen molar-refractivity contribution >= 4 is 11.7 Å². The minimum atomic E-state index is -0.886. The lowest BCUT2D eigenvalue weighted by molar-refractivity contribution is 0.149. The van der Waals surface area contributed by atoms with E-state index in [1.165, 1.54) is 6.26 Å². The Kier molecular flexibility index (Phi) is 5.62. The molecule has 6 heteroatoms. The van der Waals surface area contributed by atoms with Crippen LogP contribution in [-0.2, 0) is 0 Å². The number of hydrogen-bond acceptors (Lipinski definition) is 4. The predicted molar refractivity (Wildman–Crippen MR) is 82.8 cm³/mol. The summed E-state index contributed by atoms with van der Waals surface area (Å²) in [5.41, 5.74) is 0.589. The minimum absolute atomic E-state index is 0.0476. The summed E-state index contributed by atoms with van der Waals surface area (Å²) in [6, 6.07) is 9.89. The van der Waals surface area contributed by atoms with Gasteiger partial charge in [0.05, 0.1) is 12.8 Å². The Balaban J connectivity index is 1.82. The number of rotatable bonds is 7. The molecule has 0 aliphatic heterocycles. The van der Waals surface area contributed by atoms with E-state index in [0.29, 0.717) is 23.8 Å². The Bertz CT molecular complexity index is 610. The van der Waals surface area contributed by atoms with Crippen molar-refractivity contribution in [2.24, 2.45) is 0 Å². The second kappa shape index (κ2) is 7.90. The van der Waals surface area contributed by atoms with Crippen molar-refractivity contribution in [1.29, 1.82) is 0 Å². The molecule has 0 bridgehead atoms. The molecule has 6 nitrogen and oxygen atoms in total. The van der Waals surface area contributed by atoms with Crippen LogP contribution in [0, 0.1) is 0 Å². The van der Waals surface area contributed by atoms with Gasteiger partial charge in [0.2, 0.25) is 0 Å². The second-order valence-corrected chi connectivity index (χ2v) is 4.49. The normalized spacial score (nSPS) is 11.5. The van der Waals surface area contributed by atoms with Crippen LogP contribution in [0.5, 0.6) is 5.75 Å². The van der Waals surface area contributed by atoms with Crippen molar-refractivity contribution in [3.8, 4) is 5.75 Å². The number of hydrogen-bond donors (Lipinski definition) is 3. The van der Waals surface area contributed by atoms with Crippen molar-refractivity contribution in [3.05, 3.63) is 61.1 Å². The fourth-order valence-electron chi connectivity index (χ4n) is 1.76. The number of carbonyl (C=O) groups excluding carboxylic acids is 1. The van der Waals surface area contributed by atoms with Crippen LogP contribution < -0.4 is 15.4 Å². The summed E-state index contributed by atoms with van der Waals surface area (Å²) in [6.07, 6.45) is 2.22. The largest absolute Gasteiger partial charge is 0.489 e. The van der Waals surface area contributed by atoms with Gasteiger partial charge in [-0.2, -0.15) is 0 Å². The molecule has 0 radical (unpaired) electrons. The number of aliphatic hydroxyl groups is 1. The lowest BCUT2D eigenvalue weighted by Gasteiger charge is -2.11. The molecule has 116 valence electrons. The molecule has 1 aromatic carbocycles. The molecule has 1 aromatic heterocycles. The SMILES string of the molecule is C=CCOc1cccc(NC(=O)NCC(O)c2ccco2)c1. The van der Waals surface area contributed by atoms with Gasteiger partial charge >= 0.3 is 6.03 Å². The van der Waals surface area contributed by atoms with Gasteiger partial charge in [0.1, 0.15) is 24.2 Å². The van der Waals surface area contributed by atoms with Crippen molar-refractivity contribution in [3.63, 3.8) is 0 Å². The van der Waals surface area contributed by atoms with Gasteiger partial charge in [0.25, 0.3) is 0 Å². The third-order valence-electron chi connectivity index (χ3n) is 2.79. The van der Waals surface area contributed by atoms with E-state index in [1.807, 2.05) is 0 Å². The zero-order valence-corrected chi connectivity index (χ0v) is 12.0. The average Bonchev–Trinajstić information content (AvgIpc) is 3.05. The molecule has 0 fully saturated rings. The summed E-state index contributed by atoms with van der Waals surface area (Å²) in [7, 11) is 0. The summed E-state index contributed by atoms with van der Waals surface area (Å²) in [5.74, 6) is 1.04. The van der Waals surface area contributed by atoms with E-state index < -0.39 is 12.1 Å². The third-order valence-corrected chi connectivity index (χ3v) is 2.79. The number of nitrogens with one attached hydrogen (secondary N) is 2. The van der Waals surface area contributed by atoms with E-state index in [1.54, 1.807) is 42.5 Å². The van der Waals surface area contributed by atoms with Gasteiger partial charge in [-0.15, -0.1) is 0 Å². The van der Waals surface area contributed by atoms with E-state index in [2.05, 4.69) is 17.2 Å². The Labute approximate surface area is 128 Å². The summed E-state index contributed by atoms with van der Waals surface area (Å²) in [5, 5.41) is 15.0. The first-order valence-corrected chi connectivity index (χ1v) is 6.79. The smallest absolute Gasteiger partial charge is 0.319 e. The zero-order chi connectivity index (χ0) is 15.8. The molecule has 2 amide bonds. The molecule has 1 atom stereocenters. The van der Waals surface area contributed by atoms with Crippen molar-refractivity contribution in [2.75, 3.05) is 18.5 Å². The first kappa shape index (κ1) is 15.7. The maximum absolute atomic E-state index is 11.8. The van der Waals surface area contributed by atoms with Crippen LogP contribution in [0.25, 0.3) is 0 Å². The van der Waals surface area contributed by atoms with Gasteiger partial charge in [0.15, 0.2) is 0 Å². The van der Waals surface area contributed by atoms with Crippen molar-refractivity contribution in [1.82, 2.24) is 5.32 Å². The molecule has 2 rings (SSSR count). The van der Waals surface area contributed by atoms with Crippen LogP contribution in [0.4, 0.5) is 10.5 Å². The lowest BCUT2D eigenvalue weighted by atomic mass is 10.3. The molecule has 0 aliphatic rings. The van der Waals surface area contributed by atoms with Crippen LogP contribution in [0.3, 0.4) is 0 Å². The van der Waals surface area contributed by atoms with E-state index in [0.717, 1.165) is 0 Å². The number of urea groups is 1. The highest BCUT2D eigenvalue weighted by atomic mass is 16.5. The molecule has 0 aliphatic carbocycles. The number of anilines is 1. The van der Waals surface area contributed by atoms with Gasteiger partial charge in [-0.1, -0.05) is 18.7 Å². The summed E-state index contributed by atoms with van der Waals surface area (Å²) >= 11 is 0. The summed E-state index contributed by atoms with van der Waals surface area (Å²) < 4.78 is 10.4. The molecule has 3 N–H and O–H groups in total. The van der Waals surface area contributed by atoms with Gasteiger partial charge in [-0.25, -0.2) is 4.79 Å². The van der Waals surface area contributed by atoms with Gasteiger partial charge < -0.3 is 24.9 Å². The van der Waals surface area contributed by atoms with E-state index in [9.17, 15) is 9.90 Å². The van der Waals surface area contributed by atoms with Crippen molar-refractivity contribution in [2.45, 2.75) is 6.10 Å². The highest BCUT2D eigenvalue weighted by Gasteiger charge is 2.11. The number of amides is 2. The standard InChI is InChI=1S/C16H18N2O4/c1-2-8-21-13-6-3-5-12(10-13)18-16(20)17-11-14(19)15-7-4-9-22-15/h2-7,9-10,14,19H,1,8,11H2,(H2,17,18,20). The number of furan rings is 1. The minimum Gasteiger partial charge on any atom is -0.489 e. The van der Waals surface area contributed by atoms with Crippen LogP contribution in [0.15, 0.2) is 59.7 Å². The summed E-state index contributed by atoms with van der Waals surface area (Å²) in [6.45, 7) is 4.01. The molecule has 22 heavy (non-hydrogen) atoms. The molecule has 0 spiro atoms. The molecule has 1 unspecified atom stereocenters. The molecule has 2 aromatic rings. The number of carbonyl (C=O) groups is 1. The Morgan fingerprint density at radius 1 is 1.41 bits per heavy atom. The highest BCUT2D eigenvalue weighted by molar-refractivity contribution is 5.89. The Hall–Kier alpha value is -2.73. The first-order valence-electron chi connectivity index (χ1n) is 6.79. The van der Waals surface area contributed by atoms with Crippen LogP contribution in [0.1, 0.15) is 11.9 Å². The molecule has 1 heterocycles. The summed E-state index contributed by atoms with van der Waals surface area (Å²) in [4.78, 5) is 11.8. The second-order valence-electron chi connectivity index (χ2n) is 4.49. The number of benzene rings is 1. The van der Waals surface area contributed by atoms with Gasteiger partial charge in [-0.3, -0.25) is 0 Å². The van der Waals surface area contributed by atoms with E-state index >= 15 is 0 Å². The first-order chi connectivity index (χ1) is 10.7. The fraction of sp³-hybridized carbons (Fsp3) is 0.188. The van der Waals surface area contributed by atoms with Crippen LogP contribution >= 0.6 is 0 Å². The van der Waals surface area contributed by atoms with Crippen LogP contribution in [0.2, 0.25) is 0 Å². The molecular formula is C16H18N2O4. The molecular weight excluding hydrogens is 284 g/mol. The van der Waals surface area contributed by atoms with Gasteiger partial charge in [0, 0.05) is 11.8 Å². The quantitative estimate of drug-likeness (QED) is 0.687. The van der Waals surface area contributed by atoms with Gasteiger partial charge in [-0.05, 0) is 24.3 Å². The van der Waals surface area contributed by atoms with E-state index in [-0.39, 0.29) is 6.54 Å². The molecule has 0 saturated heterocycles. The number of aliphatic hydroxyl groups excluding tert-OH is 1. The lowest BCUT2D eigenvalue weighted by Crippen LogP contribution is -2.32. The average molecular weight is 302 g/mol. The zero-order valence-electron chi connectivity index (χ0n) is 12.0. The van der Waals surface area contributed by atoms with Crippen LogP contribution in [-0.4, -0.2) is 24.3 Å². The van der Waals surface area contributed by atoms with E-state index in [4.69, 9.17) is 9.15 Å². The topological polar surface area (TPSA) is 83.7 Å². The maximum atomic E-state index is 11.8. The van der Waals surface area contributed by atoms with Crippen molar-refractivity contribution < 1.29 is 19.1 Å². The highest BCUT2D eigenvalue weighted by Crippen LogP contribution is 2.17. The number of ether oxygens (including phenoxy) is 1. The molecule has 0 saturated carbocycles.